The van der Waals surface area contributed by atoms with Crippen molar-refractivity contribution in [2.24, 2.45) is 29.1 Å². The summed E-state index contributed by atoms with van der Waals surface area (Å²) in [5.41, 5.74) is 3.03. The zero-order valence-electron chi connectivity index (χ0n) is 31.9. The van der Waals surface area contributed by atoms with Gasteiger partial charge in [-0.2, -0.15) is 0 Å². The molecule has 3 aliphatic carbocycles. The fourth-order valence-corrected chi connectivity index (χ4v) is 11.2. The van der Waals surface area contributed by atoms with Gasteiger partial charge in [-0.15, -0.1) is 0 Å². The van der Waals surface area contributed by atoms with E-state index in [1.54, 1.807) is 0 Å². The van der Waals surface area contributed by atoms with Gasteiger partial charge in [-0.1, -0.05) is 74.5 Å². The van der Waals surface area contributed by atoms with Gasteiger partial charge >= 0.3 is 5.97 Å². The molecule has 0 aromatic rings. The fraction of sp³-hybridized carbons (Fsp3) is 0.872. The maximum Gasteiger partial charge on any atom is 0.305 e. The van der Waals surface area contributed by atoms with Crippen LogP contribution in [0.5, 0.6) is 0 Å². The molecule has 3 saturated carbocycles. The van der Waals surface area contributed by atoms with E-state index in [2.05, 4.69) is 87.7 Å². The highest BCUT2D eigenvalue weighted by molar-refractivity contribution is 6.74. The predicted octanol–water partition coefficient (Wildman–Crippen LogP) is 11.6. The van der Waals surface area contributed by atoms with Gasteiger partial charge < -0.3 is 13.6 Å². The van der Waals surface area contributed by atoms with Gasteiger partial charge in [0, 0.05) is 12.8 Å². The zero-order valence-corrected chi connectivity index (χ0v) is 33.9. The van der Waals surface area contributed by atoms with Crippen molar-refractivity contribution in [1.82, 2.24) is 0 Å². The molecule has 0 aromatic carbocycles. The standard InChI is InChI=1S/C39H72O4Si2/c1-15-41-36(40)20-16-18-28(2)33-23-24-34-30(19-17-25-39(33,34)10)21-22-31-26-32(42-44(11,12)37(4,5)6)27-35(29(31)3)43-45(13,14)38(7,8)9/h22,28,30,32-35H,3,15-21,23-27H2,1-2,4-14H3/b31-22-/t28-,30?,32-,33-,34+,35+,39-/m1/s1. The third-order valence-electron chi connectivity index (χ3n) is 13.3. The largest absolute Gasteiger partial charge is 0.466 e. The van der Waals surface area contributed by atoms with Gasteiger partial charge in [-0.3, -0.25) is 4.79 Å². The molecule has 0 aromatic heterocycles. The Hall–Kier alpha value is -0.696. The molecular formula is C39H72O4Si2. The number of hydrogen-bond donors (Lipinski definition) is 0. The lowest BCUT2D eigenvalue weighted by atomic mass is 9.58. The van der Waals surface area contributed by atoms with Crippen LogP contribution < -0.4 is 0 Å². The summed E-state index contributed by atoms with van der Waals surface area (Å²) in [7, 11) is -3.89. The van der Waals surface area contributed by atoms with Gasteiger partial charge in [0.2, 0.25) is 0 Å². The van der Waals surface area contributed by atoms with Crippen LogP contribution in [0.2, 0.25) is 36.3 Å². The topological polar surface area (TPSA) is 44.8 Å². The molecule has 3 rings (SSSR count). The first-order valence-corrected chi connectivity index (χ1v) is 24.3. The van der Waals surface area contributed by atoms with Gasteiger partial charge in [0.1, 0.15) is 0 Å². The quantitative estimate of drug-likeness (QED) is 0.154. The molecule has 1 unspecified atom stereocenters. The molecule has 0 heterocycles. The van der Waals surface area contributed by atoms with Gasteiger partial charge in [-0.05, 0) is 135 Å². The van der Waals surface area contributed by atoms with Gasteiger partial charge in [0.15, 0.2) is 16.6 Å². The highest BCUT2D eigenvalue weighted by Gasteiger charge is 2.52. The second-order valence-corrected chi connectivity index (χ2v) is 27.9. The molecule has 6 heteroatoms. The first-order valence-electron chi connectivity index (χ1n) is 18.5. The first kappa shape index (κ1) is 38.7. The lowest BCUT2D eigenvalue weighted by Gasteiger charge is -2.47. The lowest BCUT2D eigenvalue weighted by molar-refractivity contribution is -0.143. The number of fused-ring (bicyclic) bond motifs is 1. The van der Waals surface area contributed by atoms with Gasteiger partial charge in [-0.25, -0.2) is 0 Å². The molecule has 45 heavy (non-hydrogen) atoms. The summed E-state index contributed by atoms with van der Waals surface area (Å²) in [5, 5.41) is 0.342. The molecule has 0 aliphatic heterocycles. The van der Waals surface area contributed by atoms with Crippen LogP contribution >= 0.6 is 0 Å². The van der Waals surface area contributed by atoms with Crippen molar-refractivity contribution < 1.29 is 18.4 Å². The molecule has 0 radical (unpaired) electrons. The van der Waals surface area contributed by atoms with E-state index in [0.717, 1.165) is 49.9 Å². The lowest BCUT2D eigenvalue weighted by Crippen LogP contribution is -2.49. The van der Waals surface area contributed by atoms with Crippen LogP contribution in [0.4, 0.5) is 0 Å². The number of hydrogen-bond acceptors (Lipinski definition) is 4. The predicted molar refractivity (Wildman–Crippen MR) is 197 cm³/mol. The second-order valence-electron chi connectivity index (χ2n) is 18.4. The van der Waals surface area contributed by atoms with Crippen molar-refractivity contribution in [3.05, 3.63) is 23.8 Å². The van der Waals surface area contributed by atoms with Crippen molar-refractivity contribution in [2.75, 3.05) is 6.61 Å². The number of carbonyl (C=O) groups excluding carboxylic acids is 1. The Kier molecular flexibility index (Phi) is 12.8. The summed E-state index contributed by atoms with van der Waals surface area (Å²) < 4.78 is 19.4. The Balaban J connectivity index is 1.77. The number of allylic oxidation sites excluding steroid dienone is 1. The van der Waals surface area contributed by atoms with E-state index in [1.165, 1.54) is 43.3 Å². The molecule has 0 spiro atoms. The smallest absolute Gasteiger partial charge is 0.305 e. The number of ether oxygens (including phenoxy) is 1. The molecule has 260 valence electrons. The van der Waals surface area contributed by atoms with Crippen molar-refractivity contribution >= 4 is 22.6 Å². The van der Waals surface area contributed by atoms with E-state index in [1.807, 2.05) is 6.92 Å². The molecule has 0 N–H and O–H groups in total. The SMILES string of the molecule is C=C1/C(=C\CC2CCC[C@]3(C)[C@@H]([C@H](C)CCCC(=O)OCC)CC[C@@H]23)C[C@@H](O[Si](C)(C)C(C)(C)C)C[C@@H]1O[Si](C)(C)C(C)(C)C. The highest BCUT2D eigenvalue weighted by Crippen LogP contribution is 2.60. The summed E-state index contributed by atoms with van der Waals surface area (Å²) in [6, 6.07) is 0. The molecular weight excluding hydrogens is 589 g/mol. The van der Waals surface area contributed by atoms with Crippen LogP contribution in [0.3, 0.4) is 0 Å². The highest BCUT2D eigenvalue weighted by atomic mass is 28.4. The molecule has 0 saturated heterocycles. The molecule has 3 aliphatic rings. The van der Waals surface area contributed by atoms with Crippen LogP contribution in [0.15, 0.2) is 23.8 Å². The fourth-order valence-electron chi connectivity index (χ4n) is 8.49. The summed E-state index contributed by atoms with van der Waals surface area (Å²) in [6.45, 7) is 35.7. The maximum atomic E-state index is 11.9. The second kappa shape index (κ2) is 14.8. The normalized spacial score (nSPS) is 31.6. The molecule has 4 nitrogen and oxygen atoms in total. The number of carbonyl (C=O) groups is 1. The summed E-state index contributed by atoms with van der Waals surface area (Å²) >= 11 is 0. The van der Waals surface area contributed by atoms with Crippen LogP contribution in [0.1, 0.15) is 133 Å². The molecule has 7 atom stereocenters. The van der Waals surface area contributed by atoms with Gasteiger partial charge in [0.25, 0.3) is 0 Å². The van der Waals surface area contributed by atoms with Crippen LogP contribution in [0, 0.1) is 29.1 Å². The van der Waals surface area contributed by atoms with Crippen molar-refractivity contribution in [1.29, 1.82) is 0 Å². The van der Waals surface area contributed by atoms with Crippen LogP contribution in [-0.2, 0) is 18.4 Å². The minimum absolute atomic E-state index is 0.0378. The molecule has 0 bridgehead atoms. The van der Waals surface area contributed by atoms with E-state index < -0.39 is 16.6 Å². The summed E-state index contributed by atoms with van der Waals surface area (Å²) in [4.78, 5) is 11.9. The first-order chi connectivity index (χ1) is 20.6. The summed E-state index contributed by atoms with van der Waals surface area (Å²) in [5.74, 6) is 2.91. The average molecular weight is 661 g/mol. The monoisotopic (exact) mass is 660 g/mol. The van der Waals surface area contributed by atoms with Crippen LogP contribution in [-0.4, -0.2) is 41.4 Å². The molecule has 0 amide bonds. The average Bonchev–Trinajstić information content (AvgIpc) is 3.25. The van der Waals surface area contributed by atoms with E-state index in [9.17, 15) is 4.79 Å². The van der Waals surface area contributed by atoms with E-state index in [-0.39, 0.29) is 28.3 Å². The number of esters is 1. The van der Waals surface area contributed by atoms with Crippen molar-refractivity contribution in [2.45, 2.75) is 181 Å². The zero-order chi connectivity index (χ0) is 34.0. The maximum absolute atomic E-state index is 11.9. The minimum Gasteiger partial charge on any atom is -0.466 e. The van der Waals surface area contributed by atoms with E-state index >= 15 is 0 Å². The minimum atomic E-state index is -1.97. The van der Waals surface area contributed by atoms with Crippen molar-refractivity contribution in [3.63, 3.8) is 0 Å². The third-order valence-corrected chi connectivity index (χ3v) is 22.3. The Morgan fingerprint density at radius 3 is 2.24 bits per heavy atom. The molecule has 3 fully saturated rings. The van der Waals surface area contributed by atoms with Crippen LogP contribution in [0.25, 0.3) is 0 Å². The Labute approximate surface area is 281 Å². The van der Waals surface area contributed by atoms with Crippen molar-refractivity contribution in [3.8, 4) is 0 Å². The Bertz CT molecular complexity index is 1050. The Morgan fingerprint density at radius 2 is 1.64 bits per heavy atom. The summed E-state index contributed by atoms with van der Waals surface area (Å²) in [6.07, 6.45) is 15.2. The Morgan fingerprint density at radius 1 is 1.02 bits per heavy atom. The van der Waals surface area contributed by atoms with Gasteiger partial charge in [0.05, 0.1) is 18.8 Å². The third kappa shape index (κ3) is 9.26. The van der Waals surface area contributed by atoms with E-state index in [0.29, 0.717) is 24.4 Å². The number of rotatable bonds is 12. The van der Waals surface area contributed by atoms with E-state index in [4.69, 9.17) is 20.2 Å².